The highest BCUT2D eigenvalue weighted by atomic mass is 32.1. The Labute approximate surface area is 136 Å². The summed E-state index contributed by atoms with van der Waals surface area (Å²) in [4.78, 5) is 4.40. The lowest BCUT2D eigenvalue weighted by molar-refractivity contribution is 0.628. The van der Waals surface area contributed by atoms with Crippen molar-refractivity contribution in [2.75, 3.05) is 5.43 Å². The third-order valence-electron chi connectivity index (χ3n) is 3.02. The molecule has 0 aliphatic rings. The van der Waals surface area contributed by atoms with Gasteiger partial charge in [-0.2, -0.15) is 10.4 Å². The molecule has 3 aromatic rings. The van der Waals surface area contributed by atoms with E-state index in [-0.39, 0.29) is 11.5 Å². The maximum Gasteiger partial charge on any atom is 0.196 e. The minimum Gasteiger partial charge on any atom is -0.277 e. The van der Waals surface area contributed by atoms with E-state index >= 15 is 0 Å². The zero-order chi connectivity index (χ0) is 16.1. The third kappa shape index (κ3) is 3.59. The van der Waals surface area contributed by atoms with Crippen LogP contribution in [0, 0.1) is 17.1 Å². The van der Waals surface area contributed by atoms with E-state index in [1.807, 2.05) is 41.8 Å². The first-order valence-electron chi connectivity index (χ1n) is 6.77. The molecule has 0 saturated carbocycles. The molecule has 0 radical (unpaired) electrons. The fourth-order valence-electron chi connectivity index (χ4n) is 1.89. The number of hydrogen-bond donors (Lipinski definition) is 1. The molecule has 0 aliphatic carbocycles. The molecule has 0 unspecified atom stereocenters. The van der Waals surface area contributed by atoms with Crippen LogP contribution < -0.4 is 5.43 Å². The summed E-state index contributed by atoms with van der Waals surface area (Å²) in [6.07, 6.45) is 0. The number of nitrogens with one attached hydrogen (secondary N) is 1. The third-order valence-corrected chi connectivity index (χ3v) is 3.87. The number of rotatable bonds is 4. The Kier molecular flexibility index (Phi) is 4.41. The lowest BCUT2D eigenvalue weighted by atomic mass is 10.2. The monoisotopic (exact) mass is 322 g/mol. The number of hydrazone groups is 1. The molecule has 0 fully saturated rings. The van der Waals surface area contributed by atoms with Crippen LogP contribution in [0.5, 0.6) is 0 Å². The van der Waals surface area contributed by atoms with Crippen molar-refractivity contribution in [2.24, 2.45) is 5.10 Å². The smallest absolute Gasteiger partial charge is 0.196 e. The van der Waals surface area contributed by atoms with Gasteiger partial charge in [-0.1, -0.05) is 18.2 Å². The van der Waals surface area contributed by atoms with Crippen molar-refractivity contribution in [1.29, 1.82) is 5.26 Å². The minimum absolute atomic E-state index is 0.201. The quantitative estimate of drug-likeness (QED) is 0.576. The number of thiazole rings is 1. The molecule has 3 rings (SSSR count). The molecule has 4 nitrogen and oxygen atoms in total. The van der Waals surface area contributed by atoms with E-state index in [1.54, 1.807) is 12.1 Å². The van der Waals surface area contributed by atoms with E-state index in [0.29, 0.717) is 10.7 Å². The molecular weight excluding hydrogens is 311 g/mol. The van der Waals surface area contributed by atoms with Crippen LogP contribution >= 0.6 is 11.3 Å². The van der Waals surface area contributed by atoms with E-state index in [2.05, 4.69) is 15.5 Å². The van der Waals surface area contributed by atoms with Crippen LogP contribution in [0.3, 0.4) is 0 Å². The summed E-state index contributed by atoms with van der Waals surface area (Å²) >= 11 is 1.32. The van der Waals surface area contributed by atoms with E-state index in [0.717, 1.165) is 11.3 Å². The average molecular weight is 322 g/mol. The van der Waals surface area contributed by atoms with Crippen molar-refractivity contribution in [1.82, 2.24) is 4.98 Å². The van der Waals surface area contributed by atoms with Crippen molar-refractivity contribution < 1.29 is 4.39 Å². The Morgan fingerprint density at radius 1 is 1.13 bits per heavy atom. The van der Waals surface area contributed by atoms with Gasteiger partial charge in [-0.15, -0.1) is 11.3 Å². The number of benzene rings is 2. The zero-order valence-corrected chi connectivity index (χ0v) is 12.7. The highest BCUT2D eigenvalue weighted by Crippen LogP contribution is 2.22. The summed E-state index contributed by atoms with van der Waals surface area (Å²) < 4.78 is 13.0. The van der Waals surface area contributed by atoms with Crippen molar-refractivity contribution in [3.8, 4) is 17.3 Å². The Morgan fingerprint density at radius 3 is 2.57 bits per heavy atom. The van der Waals surface area contributed by atoms with Crippen molar-refractivity contribution in [2.45, 2.75) is 0 Å². The van der Waals surface area contributed by atoms with Gasteiger partial charge in [0.05, 0.1) is 11.4 Å². The zero-order valence-electron chi connectivity index (χ0n) is 11.9. The van der Waals surface area contributed by atoms with Gasteiger partial charge in [0.25, 0.3) is 0 Å². The van der Waals surface area contributed by atoms with Crippen LogP contribution in [0.15, 0.2) is 65.1 Å². The SMILES string of the molecule is N#C/C(=N/Nc1ccccc1)c1nc(-c2ccc(F)cc2)cs1. The average Bonchev–Trinajstić information content (AvgIpc) is 3.07. The number of aromatic nitrogens is 1. The molecule has 6 heteroatoms. The Hall–Kier alpha value is -3.04. The van der Waals surface area contributed by atoms with Gasteiger partial charge in [0.1, 0.15) is 11.9 Å². The molecule has 23 heavy (non-hydrogen) atoms. The predicted octanol–water partition coefficient (Wildman–Crippen LogP) is 4.29. The number of anilines is 1. The van der Waals surface area contributed by atoms with Gasteiger partial charge in [-0.05, 0) is 36.4 Å². The summed E-state index contributed by atoms with van der Waals surface area (Å²) in [6.45, 7) is 0. The molecule has 0 amide bonds. The number of para-hydroxylation sites is 1. The molecule has 0 saturated heterocycles. The molecule has 0 atom stereocenters. The molecule has 1 N–H and O–H groups in total. The van der Waals surface area contributed by atoms with E-state index in [9.17, 15) is 9.65 Å². The highest BCUT2D eigenvalue weighted by molar-refractivity contribution is 7.12. The standard InChI is InChI=1S/C17H11FN4S/c18-13-8-6-12(7-9-13)16-11-23-17(20-16)15(10-19)22-21-14-4-2-1-3-5-14/h1-9,11,21H/b22-15-. The van der Waals surface area contributed by atoms with Crippen LogP contribution in [0.2, 0.25) is 0 Å². The van der Waals surface area contributed by atoms with Gasteiger partial charge >= 0.3 is 0 Å². The predicted molar refractivity (Wildman–Crippen MR) is 89.7 cm³/mol. The first-order valence-corrected chi connectivity index (χ1v) is 7.65. The van der Waals surface area contributed by atoms with E-state index < -0.39 is 0 Å². The second kappa shape index (κ2) is 6.81. The second-order valence-corrected chi connectivity index (χ2v) is 5.45. The summed E-state index contributed by atoms with van der Waals surface area (Å²) in [6, 6.07) is 17.5. The van der Waals surface area contributed by atoms with Gasteiger partial charge in [-0.25, -0.2) is 9.37 Å². The number of nitrogens with zero attached hydrogens (tertiary/aromatic N) is 3. The molecule has 112 valence electrons. The molecular formula is C17H11FN4S. The van der Waals surface area contributed by atoms with Crippen LogP contribution in [0.1, 0.15) is 5.01 Å². The highest BCUT2D eigenvalue weighted by Gasteiger charge is 2.10. The molecule has 2 aromatic carbocycles. The summed E-state index contributed by atoms with van der Waals surface area (Å²) in [5.74, 6) is -0.296. The number of nitriles is 1. The molecule has 1 aromatic heterocycles. The van der Waals surface area contributed by atoms with Crippen LogP contribution in [-0.2, 0) is 0 Å². The number of halogens is 1. The van der Waals surface area contributed by atoms with Crippen molar-refractivity contribution in [3.05, 3.63) is 70.8 Å². The lowest BCUT2D eigenvalue weighted by Gasteiger charge is -1.99. The van der Waals surface area contributed by atoms with Crippen LogP contribution in [0.25, 0.3) is 11.3 Å². The van der Waals surface area contributed by atoms with E-state index in [4.69, 9.17) is 0 Å². The molecule has 1 heterocycles. The van der Waals surface area contributed by atoms with Crippen molar-refractivity contribution in [3.63, 3.8) is 0 Å². The normalized spacial score (nSPS) is 11.0. The van der Waals surface area contributed by atoms with Gasteiger partial charge in [0.15, 0.2) is 10.7 Å². The summed E-state index contributed by atoms with van der Waals surface area (Å²) in [5.41, 5.74) is 5.30. The molecule has 0 spiro atoms. The largest absolute Gasteiger partial charge is 0.277 e. The Bertz CT molecular complexity index is 864. The summed E-state index contributed by atoms with van der Waals surface area (Å²) in [7, 11) is 0. The van der Waals surface area contributed by atoms with Gasteiger partial charge < -0.3 is 0 Å². The van der Waals surface area contributed by atoms with Crippen LogP contribution in [0.4, 0.5) is 10.1 Å². The van der Waals surface area contributed by atoms with E-state index in [1.165, 1.54) is 23.5 Å². The van der Waals surface area contributed by atoms with Crippen LogP contribution in [-0.4, -0.2) is 10.7 Å². The second-order valence-electron chi connectivity index (χ2n) is 4.59. The fourth-order valence-corrected chi connectivity index (χ4v) is 2.66. The Balaban J connectivity index is 1.83. The number of hydrogen-bond acceptors (Lipinski definition) is 5. The summed E-state index contributed by atoms with van der Waals surface area (Å²) in [5, 5.41) is 15.7. The minimum atomic E-state index is -0.296. The van der Waals surface area contributed by atoms with Gasteiger partial charge in [0.2, 0.25) is 0 Å². The topological polar surface area (TPSA) is 61.1 Å². The lowest BCUT2D eigenvalue weighted by Crippen LogP contribution is -2.01. The molecule has 0 aliphatic heterocycles. The Morgan fingerprint density at radius 2 is 1.87 bits per heavy atom. The fraction of sp³-hybridized carbons (Fsp3) is 0. The van der Waals surface area contributed by atoms with Gasteiger partial charge in [0, 0.05) is 10.9 Å². The molecule has 0 bridgehead atoms. The first kappa shape index (κ1) is 14.9. The first-order chi connectivity index (χ1) is 11.3. The maximum absolute atomic E-state index is 13.0. The van der Waals surface area contributed by atoms with Gasteiger partial charge in [-0.3, -0.25) is 5.43 Å². The maximum atomic E-state index is 13.0. The van der Waals surface area contributed by atoms with Crippen molar-refractivity contribution >= 4 is 22.7 Å².